The van der Waals surface area contributed by atoms with Crippen molar-refractivity contribution in [1.29, 1.82) is 0 Å². The van der Waals surface area contributed by atoms with Gasteiger partial charge in [0.1, 0.15) is 0 Å². The smallest absolute Gasteiger partial charge is 0.276 e. The molecule has 0 atom stereocenters. The lowest BCUT2D eigenvalue weighted by atomic mass is 10.2. The van der Waals surface area contributed by atoms with Crippen molar-refractivity contribution in [3.8, 4) is 11.5 Å². The number of nitrogens with zero attached hydrogens (tertiary/aromatic N) is 3. The first-order chi connectivity index (χ1) is 10.7. The van der Waals surface area contributed by atoms with E-state index in [4.69, 9.17) is 4.42 Å². The third-order valence-corrected chi connectivity index (χ3v) is 4.79. The van der Waals surface area contributed by atoms with Crippen molar-refractivity contribution in [2.24, 2.45) is 0 Å². The van der Waals surface area contributed by atoms with Crippen molar-refractivity contribution in [2.45, 2.75) is 24.5 Å². The topological polar surface area (TPSA) is 59.2 Å². The molecule has 2 heterocycles. The van der Waals surface area contributed by atoms with Crippen LogP contribution in [0.3, 0.4) is 0 Å². The van der Waals surface area contributed by atoms with Crippen LogP contribution in [0, 0.1) is 0 Å². The van der Waals surface area contributed by atoms with Gasteiger partial charge in [0.2, 0.25) is 11.8 Å². The van der Waals surface area contributed by atoms with Gasteiger partial charge >= 0.3 is 0 Å². The number of amides is 1. The molecule has 5 nitrogen and oxygen atoms in total. The minimum absolute atomic E-state index is 0.219. The number of rotatable bonds is 5. The SMILES string of the molecule is O=C(CCSc1nnc(-c2cccc(Br)c2)o1)N1CCCC1. The van der Waals surface area contributed by atoms with Gasteiger partial charge in [-0.1, -0.05) is 33.8 Å². The van der Waals surface area contributed by atoms with Crippen LogP contribution in [0.15, 0.2) is 38.4 Å². The fraction of sp³-hybridized carbons (Fsp3) is 0.400. The molecule has 1 aromatic heterocycles. The van der Waals surface area contributed by atoms with E-state index >= 15 is 0 Å². The maximum Gasteiger partial charge on any atom is 0.276 e. The lowest BCUT2D eigenvalue weighted by molar-refractivity contribution is -0.129. The van der Waals surface area contributed by atoms with Gasteiger partial charge < -0.3 is 9.32 Å². The van der Waals surface area contributed by atoms with Crippen molar-refractivity contribution in [3.05, 3.63) is 28.7 Å². The summed E-state index contributed by atoms with van der Waals surface area (Å²) in [6, 6.07) is 7.72. The Hall–Kier alpha value is -1.34. The Kier molecular flexibility index (Phi) is 5.15. The molecule has 0 bridgehead atoms. The van der Waals surface area contributed by atoms with E-state index in [2.05, 4.69) is 26.1 Å². The number of hydrogen-bond donors (Lipinski definition) is 0. The Morgan fingerprint density at radius 3 is 2.91 bits per heavy atom. The largest absolute Gasteiger partial charge is 0.411 e. The van der Waals surface area contributed by atoms with Crippen LogP contribution in [0.4, 0.5) is 0 Å². The molecule has 3 rings (SSSR count). The van der Waals surface area contributed by atoms with Gasteiger partial charge in [0, 0.05) is 35.3 Å². The number of hydrogen-bond acceptors (Lipinski definition) is 5. The zero-order chi connectivity index (χ0) is 15.4. The number of carbonyl (C=O) groups excluding carboxylic acids is 1. The summed E-state index contributed by atoms with van der Waals surface area (Å²) in [5.74, 6) is 1.38. The van der Waals surface area contributed by atoms with Gasteiger partial charge in [-0.05, 0) is 31.0 Å². The summed E-state index contributed by atoms with van der Waals surface area (Å²) in [5.41, 5.74) is 0.877. The molecular weight excluding hydrogens is 366 g/mol. The van der Waals surface area contributed by atoms with Gasteiger partial charge in [-0.3, -0.25) is 4.79 Å². The monoisotopic (exact) mass is 381 g/mol. The first-order valence-corrected chi connectivity index (χ1v) is 9.00. The van der Waals surface area contributed by atoms with Crippen molar-refractivity contribution >= 4 is 33.6 Å². The van der Waals surface area contributed by atoms with Gasteiger partial charge in [-0.15, -0.1) is 10.2 Å². The minimum atomic E-state index is 0.219. The molecular formula is C15H16BrN3O2S. The number of halogens is 1. The van der Waals surface area contributed by atoms with Gasteiger partial charge in [0.15, 0.2) is 0 Å². The van der Waals surface area contributed by atoms with Crippen molar-refractivity contribution in [3.63, 3.8) is 0 Å². The van der Waals surface area contributed by atoms with Crippen LogP contribution >= 0.6 is 27.7 Å². The standard InChI is InChI=1S/C15H16BrN3O2S/c16-12-5-3-4-11(10-12)14-17-18-15(21-14)22-9-6-13(20)19-7-1-2-8-19/h3-5,10H,1-2,6-9H2. The summed E-state index contributed by atoms with van der Waals surface area (Å²) in [7, 11) is 0. The highest BCUT2D eigenvalue weighted by atomic mass is 79.9. The Labute approximate surface area is 141 Å². The molecule has 0 saturated carbocycles. The maximum atomic E-state index is 11.9. The first kappa shape index (κ1) is 15.6. The summed E-state index contributed by atoms with van der Waals surface area (Å²) in [5, 5.41) is 8.58. The Bertz CT molecular complexity index is 656. The maximum absolute atomic E-state index is 11.9. The lowest BCUT2D eigenvalue weighted by Gasteiger charge is -2.14. The fourth-order valence-corrected chi connectivity index (χ4v) is 3.44. The summed E-state index contributed by atoms with van der Waals surface area (Å²) in [6.07, 6.45) is 2.76. The quantitative estimate of drug-likeness (QED) is 0.740. The molecule has 1 aliphatic rings. The van der Waals surface area contributed by atoms with E-state index in [0.717, 1.165) is 36.0 Å². The van der Waals surface area contributed by atoms with E-state index < -0.39 is 0 Å². The molecule has 1 fully saturated rings. The average molecular weight is 382 g/mol. The summed E-state index contributed by atoms with van der Waals surface area (Å²) in [6.45, 7) is 1.80. The predicted molar refractivity (Wildman–Crippen MR) is 88.6 cm³/mol. The molecule has 7 heteroatoms. The van der Waals surface area contributed by atoms with E-state index in [0.29, 0.717) is 23.3 Å². The number of aromatic nitrogens is 2. The highest BCUT2D eigenvalue weighted by Gasteiger charge is 2.18. The number of likely N-dealkylation sites (tertiary alicyclic amines) is 1. The third-order valence-electron chi connectivity index (χ3n) is 3.48. The second-order valence-corrected chi connectivity index (χ2v) is 7.03. The van der Waals surface area contributed by atoms with E-state index in [1.54, 1.807) is 0 Å². The van der Waals surface area contributed by atoms with Crippen LogP contribution in [0.5, 0.6) is 0 Å². The zero-order valence-corrected chi connectivity index (χ0v) is 14.4. The normalized spacial score (nSPS) is 14.5. The number of benzene rings is 1. The van der Waals surface area contributed by atoms with Crippen LogP contribution in [-0.4, -0.2) is 39.8 Å². The van der Waals surface area contributed by atoms with Crippen LogP contribution in [0.2, 0.25) is 0 Å². The second kappa shape index (κ2) is 7.28. The van der Waals surface area contributed by atoms with Crippen molar-refractivity contribution < 1.29 is 9.21 Å². The van der Waals surface area contributed by atoms with Crippen LogP contribution in [-0.2, 0) is 4.79 Å². The van der Waals surface area contributed by atoms with Gasteiger partial charge in [0.05, 0.1) is 0 Å². The molecule has 22 heavy (non-hydrogen) atoms. The fourth-order valence-electron chi connectivity index (χ4n) is 2.36. The molecule has 1 aliphatic heterocycles. The van der Waals surface area contributed by atoms with E-state index in [1.165, 1.54) is 11.8 Å². The summed E-state index contributed by atoms with van der Waals surface area (Å²) >= 11 is 4.85. The van der Waals surface area contributed by atoms with Gasteiger partial charge in [-0.25, -0.2) is 0 Å². The molecule has 1 aromatic carbocycles. The Morgan fingerprint density at radius 1 is 1.32 bits per heavy atom. The third kappa shape index (κ3) is 3.89. The lowest BCUT2D eigenvalue weighted by Crippen LogP contribution is -2.27. The summed E-state index contributed by atoms with van der Waals surface area (Å²) in [4.78, 5) is 13.9. The average Bonchev–Trinajstić information content (AvgIpc) is 3.19. The Morgan fingerprint density at radius 2 is 2.14 bits per heavy atom. The molecule has 116 valence electrons. The van der Waals surface area contributed by atoms with Crippen LogP contribution in [0.1, 0.15) is 19.3 Å². The first-order valence-electron chi connectivity index (χ1n) is 7.22. The summed E-state index contributed by atoms with van der Waals surface area (Å²) < 4.78 is 6.59. The van der Waals surface area contributed by atoms with E-state index in [9.17, 15) is 4.79 Å². The van der Waals surface area contributed by atoms with Crippen LogP contribution < -0.4 is 0 Å². The number of thioether (sulfide) groups is 1. The highest BCUT2D eigenvalue weighted by Crippen LogP contribution is 2.25. The molecule has 1 saturated heterocycles. The molecule has 0 radical (unpaired) electrons. The Balaban J connectivity index is 1.52. The molecule has 1 amide bonds. The number of carbonyl (C=O) groups is 1. The van der Waals surface area contributed by atoms with E-state index in [-0.39, 0.29) is 5.91 Å². The molecule has 0 unspecified atom stereocenters. The minimum Gasteiger partial charge on any atom is -0.411 e. The van der Waals surface area contributed by atoms with Gasteiger partial charge in [0.25, 0.3) is 5.22 Å². The molecule has 0 N–H and O–H groups in total. The van der Waals surface area contributed by atoms with E-state index in [1.807, 2.05) is 29.2 Å². The van der Waals surface area contributed by atoms with Gasteiger partial charge in [-0.2, -0.15) is 0 Å². The highest BCUT2D eigenvalue weighted by molar-refractivity contribution is 9.10. The van der Waals surface area contributed by atoms with Crippen molar-refractivity contribution in [1.82, 2.24) is 15.1 Å². The molecule has 0 spiro atoms. The zero-order valence-electron chi connectivity index (χ0n) is 12.0. The second-order valence-electron chi connectivity index (χ2n) is 5.07. The van der Waals surface area contributed by atoms with Crippen LogP contribution in [0.25, 0.3) is 11.5 Å². The predicted octanol–water partition coefficient (Wildman–Crippen LogP) is 3.60. The molecule has 2 aromatic rings. The molecule has 0 aliphatic carbocycles. The van der Waals surface area contributed by atoms with Crippen molar-refractivity contribution in [2.75, 3.05) is 18.8 Å².